The Hall–Kier alpha value is -2.29. The zero-order valence-electron chi connectivity index (χ0n) is 12.7. The topological polar surface area (TPSA) is 49.3 Å². The van der Waals surface area contributed by atoms with Gasteiger partial charge in [-0.1, -0.05) is 38.1 Å². The van der Waals surface area contributed by atoms with E-state index in [1.54, 1.807) is 25.1 Å². The molecule has 0 heterocycles. The van der Waals surface area contributed by atoms with Crippen LogP contribution >= 0.6 is 0 Å². The fourth-order valence-corrected chi connectivity index (χ4v) is 2.15. The summed E-state index contributed by atoms with van der Waals surface area (Å²) in [5.74, 6) is 0.386. The van der Waals surface area contributed by atoms with Gasteiger partial charge in [0, 0.05) is 5.56 Å². The van der Waals surface area contributed by atoms with Crippen molar-refractivity contribution in [1.82, 2.24) is 0 Å². The number of aromatic hydroxyl groups is 1. The van der Waals surface area contributed by atoms with E-state index < -0.39 is 0 Å². The lowest BCUT2D eigenvalue weighted by molar-refractivity contribution is 0.102. The second-order valence-corrected chi connectivity index (χ2v) is 5.36. The predicted molar refractivity (Wildman–Crippen MR) is 85.9 cm³/mol. The quantitative estimate of drug-likeness (QED) is 0.813. The molecule has 110 valence electrons. The molecule has 1 unspecified atom stereocenters. The van der Waals surface area contributed by atoms with Gasteiger partial charge in [-0.15, -0.1) is 0 Å². The number of aryl methyl sites for hydroxylation is 1. The number of carbonyl (C=O) groups excluding carboxylic acids is 1. The largest absolute Gasteiger partial charge is 0.505 e. The number of carbonyl (C=O) groups is 1. The summed E-state index contributed by atoms with van der Waals surface area (Å²) >= 11 is 0. The Bertz CT molecular complexity index is 632. The van der Waals surface area contributed by atoms with Gasteiger partial charge in [0.2, 0.25) is 0 Å². The molecule has 0 fully saturated rings. The van der Waals surface area contributed by atoms with Crippen molar-refractivity contribution in [3.63, 3.8) is 0 Å². The van der Waals surface area contributed by atoms with E-state index in [4.69, 9.17) is 0 Å². The van der Waals surface area contributed by atoms with Crippen molar-refractivity contribution < 1.29 is 9.90 Å². The van der Waals surface area contributed by atoms with Gasteiger partial charge < -0.3 is 10.4 Å². The van der Waals surface area contributed by atoms with E-state index in [1.165, 1.54) is 5.56 Å². The van der Waals surface area contributed by atoms with Crippen LogP contribution in [0.5, 0.6) is 5.75 Å². The lowest BCUT2D eigenvalue weighted by atomic mass is 9.97. The summed E-state index contributed by atoms with van der Waals surface area (Å²) < 4.78 is 0. The van der Waals surface area contributed by atoms with Gasteiger partial charge in [-0.2, -0.15) is 0 Å². The number of nitrogens with one attached hydrogen (secondary N) is 1. The van der Waals surface area contributed by atoms with Gasteiger partial charge in [-0.3, -0.25) is 4.79 Å². The van der Waals surface area contributed by atoms with Gasteiger partial charge in [-0.25, -0.2) is 0 Å². The van der Waals surface area contributed by atoms with Crippen molar-refractivity contribution in [2.75, 3.05) is 5.32 Å². The number of anilines is 1. The first kappa shape index (κ1) is 15.1. The van der Waals surface area contributed by atoms with Crippen LogP contribution in [0.15, 0.2) is 42.5 Å². The average molecular weight is 283 g/mol. The summed E-state index contributed by atoms with van der Waals surface area (Å²) in [4.78, 5) is 12.2. The van der Waals surface area contributed by atoms with Crippen LogP contribution < -0.4 is 5.32 Å². The van der Waals surface area contributed by atoms with Crippen LogP contribution in [0.3, 0.4) is 0 Å². The molecule has 0 aliphatic heterocycles. The van der Waals surface area contributed by atoms with Gasteiger partial charge in [-0.05, 0) is 48.6 Å². The van der Waals surface area contributed by atoms with Crippen molar-refractivity contribution in [3.8, 4) is 5.75 Å². The number of hydrogen-bond acceptors (Lipinski definition) is 2. The first-order chi connectivity index (χ1) is 10.0. The standard InChI is InChI=1S/C18H21NO2/c1-4-12(2)14-8-10-15(11-9-14)18(21)19-16-7-5-6-13(3)17(16)20/h5-12,20H,4H2,1-3H3,(H,19,21). The number of para-hydroxylation sites is 1. The monoisotopic (exact) mass is 283 g/mol. The lowest BCUT2D eigenvalue weighted by Gasteiger charge is -2.11. The molecule has 0 saturated carbocycles. The summed E-state index contributed by atoms with van der Waals surface area (Å²) in [7, 11) is 0. The average Bonchev–Trinajstić information content (AvgIpc) is 2.51. The second-order valence-electron chi connectivity index (χ2n) is 5.36. The Balaban J connectivity index is 2.15. The third-order valence-corrected chi connectivity index (χ3v) is 3.84. The van der Waals surface area contributed by atoms with E-state index in [2.05, 4.69) is 19.2 Å². The molecule has 1 amide bonds. The van der Waals surface area contributed by atoms with Crippen LogP contribution in [0.4, 0.5) is 5.69 Å². The maximum atomic E-state index is 12.2. The van der Waals surface area contributed by atoms with Crippen molar-refractivity contribution in [1.29, 1.82) is 0 Å². The van der Waals surface area contributed by atoms with Crippen LogP contribution in [0.25, 0.3) is 0 Å². The molecule has 0 aliphatic rings. The van der Waals surface area contributed by atoms with E-state index in [9.17, 15) is 9.90 Å². The molecule has 0 spiro atoms. The summed E-state index contributed by atoms with van der Waals surface area (Å²) in [6.07, 6.45) is 1.07. The number of rotatable bonds is 4. The molecule has 21 heavy (non-hydrogen) atoms. The molecule has 0 radical (unpaired) electrons. The minimum Gasteiger partial charge on any atom is -0.505 e. The Kier molecular flexibility index (Phi) is 4.63. The third kappa shape index (κ3) is 3.43. The highest BCUT2D eigenvalue weighted by Crippen LogP contribution is 2.27. The predicted octanol–water partition coefficient (Wildman–Crippen LogP) is 4.47. The molecule has 2 aromatic carbocycles. The fourth-order valence-electron chi connectivity index (χ4n) is 2.15. The lowest BCUT2D eigenvalue weighted by Crippen LogP contribution is -2.12. The van der Waals surface area contributed by atoms with E-state index in [-0.39, 0.29) is 11.7 Å². The summed E-state index contributed by atoms with van der Waals surface area (Å²) in [6.45, 7) is 6.11. The minimum atomic E-state index is -0.216. The first-order valence-corrected chi connectivity index (χ1v) is 7.22. The number of amides is 1. The summed E-state index contributed by atoms with van der Waals surface area (Å²) in [5.41, 5.74) is 2.99. The highest BCUT2D eigenvalue weighted by Gasteiger charge is 2.11. The minimum absolute atomic E-state index is 0.113. The maximum absolute atomic E-state index is 12.2. The molecule has 1 atom stereocenters. The third-order valence-electron chi connectivity index (χ3n) is 3.84. The Labute approximate surface area is 125 Å². The molecule has 0 aromatic heterocycles. The van der Waals surface area contributed by atoms with Crippen molar-refractivity contribution in [2.45, 2.75) is 33.1 Å². The molecule has 0 saturated heterocycles. The SMILES string of the molecule is CCC(C)c1ccc(C(=O)Nc2cccc(C)c2O)cc1. The Morgan fingerprint density at radius 1 is 1.19 bits per heavy atom. The van der Waals surface area contributed by atoms with Gasteiger partial charge in [0.1, 0.15) is 5.75 Å². The van der Waals surface area contributed by atoms with Gasteiger partial charge in [0.05, 0.1) is 5.69 Å². The molecular weight excluding hydrogens is 262 g/mol. The Morgan fingerprint density at radius 2 is 1.86 bits per heavy atom. The van der Waals surface area contributed by atoms with Crippen molar-refractivity contribution in [2.24, 2.45) is 0 Å². The van der Waals surface area contributed by atoms with Gasteiger partial charge in [0.25, 0.3) is 5.91 Å². The van der Waals surface area contributed by atoms with Crippen LogP contribution in [-0.4, -0.2) is 11.0 Å². The van der Waals surface area contributed by atoms with Crippen LogP contribution in [-0.2, 0) is 0 Å². The smallest absolute Gasteiger partial charge is 0.255 e. The number of hydrogen-bond donors (Lipinski definition) is 2. The number of phenolic OH excluding ortho intramolecular Hbond substituents is 1. The van der Waals surface area contributed by atoms with Gasteiger partial charge >= 0.3 is 0 Å². The molecule has 2 N–H and O–H groups in total. The molecule has 2 rings (SSSR count). The molecule has 3 heteroatoms. The second kappa shape index (κ2) is 6.44. The highest BCUT2D eigenvalue weighted by molar-refractivity contribution is 6.05. The van der Waals surface area contributed by atoms with Crippen LogP contribution in [0, 0.1) is 6.92 Å². The number of phenols is 1. The fraction of sp³-hybridized carbons (Fsp3) is 0.278. The van der Waals surface area contributed by atoms with Crippen LogP contribution in [0.2, 0.25) is 0 Å². The molecule has 0 bridgehead atoms. The van der Waals surface area contributed by atoms with E-state index in [0.29, 0.717) is 17.2 Å². The molecule has 3 nitrogen and oxygen atoms in total. The van der Waals surface area contributed by atoms with E-state index in [0.717, 1.165) is 12.0 Å². The first-order valence-electron chi connectivity index (χ1n) is 7.22. The van der Waals surface area contributed by atoms with E-state index in [1.807, 2.05) is 24.3 Å². The Morgan fingerprint density at radius 3 is 2.48 bits per heavy atom. The molecule has 2 aromatic rings. The molecular formula is C18H21NO2. The van der Waals surface area contributed by atoms with Crippen molar-refractivity contribution in [3.05, 3.63) is 59.2 Å². The maximum Gasteiger partial charge on any atom is 0.255 e. The normalized spacial score (nSPS) is 12.0. The van der Waals surface area contributed by atoms with E-state index >= 15 is 0 Å². The zero-order valence-corrected chi connectivity index (χ0v) is 12.7. The number of benzene rings is 2. The zero-order chi connectivity index (χ0) is 15.4. The van der Waals surface area contributed by atoms with Crippen LogP contribution in [0.1, 0.15) is 47.7 Å². The van der Waals surface area contributed by atoms with Gasteiger partial charge in [0.15, 0.2) is 0 Å². The summed E-state index contributed by atoms with van der Waals surface area (Å²) in [5, 5.41) is 12.7. The molecule has 0 aliphatic carbocycles. The highest BCUT2D eigenvalue weighted by atomic mass is 16.3. The summed E-state index contributed by atoms with van der Waals surface area (Å²) in [6, 6.07) is 12.9. The van der Waals surface area contributed by atoms with Crippen molar-refractivity contribution >= 4 is 11.6 Å².